The van der Waals surface area contributed by atoms with Crippen LogP contribution in [0, 0.1) is 0 Å². The molecule has 2 N–H and O–H groups in total. The maximum Gasteiger partial charge on any atom is 0.121 e. The highest BCUT2D eigenvalue weighted by molar-refractivity contribution is 5.85. The van der Waals surface area contributed by atoms with E-state index in [1.165, 1.54) is 0 Å². The van der Waals surface area contributed by atoms with E-state index in [9.17, 15) is 0 Å². The lowest BCUT2D eigenvalue weighted by molar-refractivity contribution is 0.0669. The number of nitrogens with two attached hydrogens (primary N) is 1. The van der Waals surface area contributed by atoms with Gasteiger partial charge in [-0.25, -0.2) is 4.68 Å². The Labute approximate surface area is 83.5 Å². The Morgan fingerprint density at radius 1 is 1.46 bits per heavy atom. The molecule has 0 atom stereocenters. The summed E-state index contributed by atoms with van der Waals surface area (Å²) in [4.78, 5) is 0. The number of nitrogens with zero attached hydrogens (tertiary/aromatic N) is 2. The molecule has 2 heterocycles. The lowest BCUT2D eigenvalue weighted by Crippen LogP contribution is -2.21. The van der Waals surface area contributed by atoms with Gasteiger partial charge >= 0.3 is 0 Å². The summed E-state index contributed by atoms with van der Waals surface area (Å²) in [5.41, 5.74) is 5.73. The van der Waals surface area contributed by atoms with Crippen molar-refractivity contribution in [3.63, 3.8) is 0 Å². The van der Waals surface area contributed by atoms with Crippen molar-refractivity contribution in [2.24, 2.45) is 0 Å². The molecule has 1 saturated heterocycles. The number of nitrogen functional groups attached to an aromatic ring is 1. The molecule has 0 aliphatic carbocycles. The molecule has 74 valence electrons. The quantitative estimate of drug-likeness (QED) is 0.747. The van der Waals surface area contributed by atoms with Crippen LogP contribution < -0.4 is 5.73 Å². The second kappa shape index (κ2) is 4.48. The Balaban J connectivity index is 0.000000845. The van der Waals surface area contributed by atoms with Crippen LogP contribution in [0.2, 0.25) is 0 Å². The first-order chi connectivity index (χ1) is 5.88. The Morgan fingerprint density at radius 3 is 2.69 bits per heavy atom. The van der Waals surface area contributed by atoms with Crippen molar-refractivity contribution in [1.82, 2.24) is 9.78 Å². The molecule has 1 aromatic heterocycles. The predicted molar refractivity (Wildman–Crippen MR) is 53.0 cm³/mol. The molecule has 0 spiro atoms. The van der Waals surface area contributed by atoms with Crippen LogP contribution in [0.3, 0.4) is 0 Å². The fourth-order valence-corrected chi connectivity index (χ4v) is 1.56. The Morgan fingerprint density at radius 2 is 2.15 bits per heavy atom. The van der Waals surface area contributed by atoms with Gasteiger partial charge in [-0.2, -0.15) is 5.10 Å². The lowest BCUT2D eigenvalue weighted by atomic mass is 10.1. The second-order valence-electron chi connectivity index (χ2n) is 3.04. The van der Waals surface area contributed by atoms with Crippen LogP contribution in [0.25, 0.3) is 0 Å². The van der Waals surface area contributed by atoms with Gasteiger partial charge < -0.3 is 10.5 Å². The van der Waals surface area contributed by atoms with E-state index in [1.54, 1.807) is 6.20 Å². The van der Waals surface area contributed by atoms with Crippen molar-refractivity contribution >= 4 is 18.2 Å². The highest BCUT2D eigenvalue weighted by atomic mass is 35.5. The second-order valence-corrected chi connectivity index (χ2v) is 3.04. The maximum absolute atomic E-state index is 5.73. The normalized spacial score (nSPS) is 18.2. The highest BCUT2D eigenvalue weighted by Crippen LogP contribution is 2.22. The molecule has 0 bridgehead atoms. The molecule has 0 unspecified atom stereocenters. The number of rotatable bonds is 1. The molecule has 0 radical (unpaired) electrons. The number of ether oxygens (including phenoxy) is 1. The van der Waals surface area contributed by atoms with Crippen molar-refractivity contribution < 1.29 is 4.74 Å². The zero-order valence-corrected chi connectivity index (χ0v) is 8.17. The Hall–Kier alpha value is -0.740. The summed E-state index contributed by atoms with van der Waals surface area (Å²) in [6.07, 6.45) is 3.78. The first-order valence-electron chi connectivity index (χ1n) is 4.24. The maximum atomic E-state index is 5.73. The standard InChI is InChI=1S/C8H13N3O.ClH/c9-8-1-4-10-11(8)7-2-5-12-6-3-7;/h1,4,7H,2-3,5-6,9H2;1H. The van der Waals surface area contributed by atoms with Gasteiger partial charge in [-0.1, -0.05) is 0 Å². The summed E-state index contributed by atoms with van der Waals surface area (Å²) >= 11 is 0. The van der Waals surface area contributed by atoms with Crippen LogP contribution in [0.4, 0.5) is 5.82 Å². The third-order valence-electron chi connectivity index (χ3n) is 2.24. The van der Waals surface area contributed by atoms with Crippen molar-refractivity contribution in [2.75, 3.05) is 18.9 Å². The van der Waals surface area contributed by atoms with Crippen LogP contribution >= 0.6 is 12.4 Å². The zero-order valence-electron chi connectivity index (χ0n) is 7.35. The van der Waals surface area contributed by atoms with Gasteiger partial charge in [0.1, 0.15) is 5.82 Å². The monoisotopic (exact) mass is 203 g/mol. The SMILES string of the molecule is Cl.Nc1ccnn1C1CCOCC1. The van der Waals surface area contributed by atoms with Gasteiger partial charge in [0.05, 0.1) is 12.2 Å². The van der Waals surface area contributed by atoms with E-state index >= 15 is 0 Å². The third kappa shape index (κ3) is 2.14. The lowest BCUT2D eigenvalue weighted by Gasteiger charge is -2.23. The van der Waals surface area contributed by atoms with E-state index in [2.05, 4.69) is 5.10 Å². The minimum absolute atomic E-state index is 0. The molecule has 5 heteroatoms. The highest BCUT2D eigenvalue weighted by Gasteiger charge is 2.17. The summed E-state index contributed by atoms with van der Waals surface area (Å²) in [5, 5.41) is 4.18. The average Bonchev–Trinajstić information content (AvgIpc) is 2.53. The molecule has 1 aliphatic rings. The Kier molecular flexibility index (Phi) is 3.57. The van der Waals surface area contributed by atoms with Gasteiger partial charge in [-0.15, -0.1) is 12.4 Å². The zero-order chi connectivity index (χ0) is 8.39. The fourth-order valence-electron chi connectivity index (χ4n) is 1.56. The largest absolute Gasteiger partial charge is 0.384 e. The molecule has 13 heavy (non-hydrogen) atoms. The average molecular weight is 204 g/mol. The smallest absolute Gasteiger partial charge is 0.121 e. The number of hydrogen-bond donors (Lipinski definition) is 1. The minimum Gasteiger partial charge on any atom is -0.384 e. The van der Waals surface area contributed by atoms with E-state index < -0.39 is 0 Å². The summed E-state index contributed by atoms with van der Waals surface area (Å²) < 4.78 is 7.15. The summed E-state index contributed by atoms with van der Waals surface area (Å²) in [5.74, 6) is 0.752. The molecule has 1 aromatic rings. The molecule has 1 fully saturated rings. The molecule has 0 saturated carbocycles. The molecule has 0 aromatic carbocycles. The van der Waals surface area contributed by atoms with E-state index in [4.69, 9.17) is 10.5 Å². The minimum atomic E-state index is 0. The van der Waals surface area contributed by atoms with Gasteiger partial charge in [-0.05, 0) is 18.9 Å². The van der Waals surface area contributed by atoms with E-state index in [0.717, 1.165) is 31.9 Å². The number of hydrogen-bond acceptors (Lipinski definition) is 3. The van der Waals surface area contributed by atoms with Gasteiger partial charge in [-0.3, -0.25) is 0 Å². The number of halogens is 1. The first-order valence-corrected chi connectivity index (χ1v) is 4.24. The first kappa shape index (κ1) is 10.3. The topological polar surface area (TPSA) is 53.1 Å². The van der Waals surface area contributed by atoms with Gasteiger partial charge in [0, 0.05) is 13.2 Å². The van der Waals surface area contributed by atoms with Gasteiger partial charge in [0.15, 0.2) is 0 Å². The Bertz CT molecular complexity index is 258. The van der Waals surface area contributed by atoms with Crippen LogP contribution in [-0.4, -0.2) is 23.0 Å². The van der Waals surface area contributed by atoms with Crippen LogP contribution in [0.15, 0.2) is 12.3 Å². The van der Waals surface area contributed by atoms with Gasteiger partial charge in [0.2, 0.25) is 0 Å². The molecule has 1 aliphatic heterocycles. The fraction of sp³-hybridized carbons (Fsp3) is 0.625. The van der Waals surface area contributed by atoms with Crippen molar-refractivity contribution in [1.29, 1.82) is 0 Å². The van der Waals surface area contributed by atoms with E-state index in [1.807, 2.05) is 10.7 Å². The van der Waals surface area contributed by atoms with Gasteiger partial charge in [0.25, 0.3) is 0 Å². The summed E-state index contributed by atoms with van der Waals surface area (Å²) in [6.45, 7) is 1.65. The van der Waals surface area contributed by atoms with Crippen LogP contribution in [0.5, 0.6) is 0 Å². The molecule has 2 rings (SSSR count). The molecular formula is C8H14ClN3O. The molecule has 4 nitrogen and oxygen atoms in total. The van der Waals surface area contributed by atoms with Crippen molar-refractivity contribution in [3.8, 4) is 0 Å². The van der Waals surface area contributed by atoms with Crippen LogP contribution in [-0.2, 0) is 4.74 Å². The molecular weight excluding hydrogens is 190 g/mol. The van der Waals surface area contributed by atoms with Crippen molar-refractivity contribution in [3.05, 3.63) is 12.3 Å². The van der Waals surface area contributed by atoms with Crippen LogP contribution in [0.1, 0.15) is 18.9 Å². The summed E-state index contributed by atoms with van der Waals surface area (Å²) in [6, 6.07) is 2.27. The summed E-state index contributed by atoms with van der Waals surface area (Å²) in [7, 11) is 0. The molecule has 0 amide bonds. The van der Waals surface area contributed by atoms with Crippen molar-refractivity contribution in [2.45, 2.75) is 18.9 Å². The van der Waals surface area contributed by atoms with E-state index in [0.29, 0.717) is 6.04 Å². The third-order valence-corrected chi connectivity index (χ3v) is 2.24. The van der Waals surface area contributed by atoms with E-state index in [-0.39, 0.29) is 12.4 Å². The number of anilines is 1. The number of aromatic nitrogens is 2. The predicted octanol–water partition coefficient (Wildman–Crippen LogP) is 1.24.